The molecular formula is C18H23ClN2O3. The number of benzene rings is 2. The van der Waals surface area contributed by atoms with Gasteiger partial charge in [0.2, 0.25) is 0 Å². The number of ether oxygens (including phenoxy) is 2. The number of methoxy groups -OCH3 is 1. The molecule has 130 valence electrons. The second-order valence-electron chi connectivity index (χ2n) is 5.18. The number of nitrogens with two attached hydrogens (primary N) is 1. The molecule has 5 nitrogen and oxygen atoms in total. The number of halogens is 1. The number of carbonyl (C=O) groups is 1. The van der Waals surface area contributed by atoms with Gasteiger partial charge in [0.25, 0.3) is 5.91 Å². The van der Waals surface area contributed by atoms with Crippen molar-refractivity contribution in [2.45, 2.75) is 20.4 Å². The van der Waals surface area contributed by atoms with Crippen LogP contribution in [0.1, 0.15) is 28.4 Å². The molecule has 0 aliphatic heterocycles. The van der Waals surface area contributed by atoms with E-state index in [1.807, 2.05) is 38.1 Å². The molecule has 0 aliphatic rings. The second kappa shape index (κ2) is 9.03. The summed E-state index contributed by atoms with van der Waals surface area (Å²) in [7, 11) is 1.59. The van der Waals surface area contributed by atoms with Crippen LogP contribution >= 0.6 is 12.4 Å². The Balaban J connectivity index is 0.00000288. The molecule has 2 aromatic carbocycles. The molecule has 6 heteroatoms. The smallest absolute Gasteiger partial charge is 0.251 e. The fourth-order valence-electron chi connectivity index (χ4n) is 2.26. The molecule has 0 atom stereocenters. The summed E-state index contributed by atoms with van der Waals surface area (Å²) in [5.74, 6) is 1.19. The van der Waals surface area contributed by atoms with Gasteiger partial charge in [-0.25, -0.2) is 0 Å². The molecule has 0 saturated heterocycles. The predicted molar refractivity (Wildman–Crippen MR) is 98.2 cm³/mol. The summed E-state index contributed by atoms with van der Waals surface area (Å²) in [4.78, 5) is 12.3. The van der Waals surface area contributed by atoms with Gasteiger partial charge in [-0.05, 0) is 49.2 Å². The number of hydrogen-bond acceptors (Lipinski definition) is 4. The van der Waals surface area contributed by atoms with Crippen LogP contribution in [0.15, 0.2) is 36.4 Å². The number of nitrogens with one attached hydrogen (secondary N) is 1. The fraction of sp³-hybridized carbons (Fsp3) is 0.278. The van der Waals surface area contributed by atoms with Crippen LogP contribution in [0, 0.1) is 6.92 Å². The van der Waals surface area contributed by atoms with Gasteiger partial charge < -0.3 is 20.5 Å². The van der Waals surface area contributed by atoms with Crippen LogP contribution in [0.5, 0.6) is 11.5 Å². The van der Waals surface area contributed by atoms with Crippen LogP contribution in [-0.4, -0.2) is 19.6 Å². The molecule has 0 aliphatic carbocycles. The Kier molecular flexibility index (Phi) is 7.39. The van der Waals surface area contributed by atoms with Gasteiger partial charge in [-0.1, -0.05) is 12.1 Å². The van der Waals surface area contributed by atoms with E-state index in [0.29, 0.717) is 35.9 Å². The van der Waals surface area contributed by atoms with Crippen molar-refractivity contribution in [3.63, 3.8) is 0 Å². The van der Waals surface area contributed by atoms with E-state index in [1.54, 1.807) is 19.2 Å². The van der Waals surface area contributed by atoms with Gasteiger partial charge >= 0.3 is 0 Å². The maximum atomic E-state index is 12.3. The molecule has 24 heavy (non-hydrogen) atoms. The molecule has 0 spiro atoms. The van der Waals surface area contributed by atoms with Crippen molar-refractivity contribution in [1.29, 1.82) is 0 Å². The molecule has 2 rings (SSSR count). The van der Waals surface area contributed by atoms with E-state index < -0.39 is 0 Å². The molecule has 0 fully saturated rings. The van der Waals surface area contributed by atoms with Gasteiger partial charge in [0.05, 0.1) is 13.7 Å². The van der Waals surface area contributed by atoms with Crippen LogP contribution < -0.4 is 20.5 Å². The Morgan fingerprint density at radius 1 is 1.17 bits per heavy atom. The first-order valence-corrected chi connectivity index (χ1v) is 7.49. The average molecular weight is 351 g/mol. The molecule has 0 bridgehead atoms. The third kappa shape index (κ3) is 4.80. The zero-order valence-corrected chi connectivity index (χ0v) is 14.9. The largest absolute Gasteiger partial charge is 0.493 e. The average Bonchev–Trinajstić information content (AvgIpc) is 2.56. The van der Waals surface area contributed by atoms with Gasteiger partial charge in [-0.2, -0.15) is 0 Å². The number of rotatable bonds is 6. The van der Waals surface area contributed by atoms with Crippen LogP contribution in [-0.2, 0) is 6.54 Å². The zero-order valence-electron chi connectivity index (χ0n) is 14.1. The van der Waals surface area contributed by atoms with Crippen molar-refractivity contribution in [3.8, 4) is 11.5 Å². The lowest BCUT2D eigenvalue weighted by molar-refractivity contribution is 0.0950. The van der Waals surface area contributed by atoms with Crippen molar-refractivity contribution in [2.75, 3.05) is 19.5 Å². The summed E-state index contributed by atoms with van der Waals surface area (Å²) in [5, 5.41) is 2.90. The Morgan fingerprint density at radius 3 is 2.58 bits per heavy atom. The maximum Gasteiger partial charge on any atom is 0.251 e. The summed E-state index contributed by atoms with van der Waals surface area (Å²) in [5.41, 5.74) is 8.72. The lowest BCUT2D eigenvalue weighted by Gasteiger charge is -2.12. The van der Waals surface area contributed by atoms with Crippen molar-refractivity contribution < 1.29 is 14.3 Å². The summed E-state index contributed by atoms with van der Waals surface area (Å²) >= 11 is 0. The van der Waals surface area contributed by atoms with E-state index >= 15 is 0 Å². The highest BCUT2D eigenvalue weighted by atomic mass is 35.5. The highest BCUT2D eigenvalue weighted by molar-refractivity contribution is 5.96. The van der Waals surface area contributed by atoms with Crippen LogP contribution in [0.3, 0.4) is 0 Å². The van der Waals surface area contributed by atoms with Gasteiger partial charge in [-0.15, -0.1) is 12.4 Å². The van der Waals surface area contributed by atoms with Crippen molar-refractivity contribution >= 4 is 24.0 Å². The Bertz CT molecular complexity index is 705. The number of nitrogen functional groups attached to an aromatic ring is 1. The van der Waals surface area contributed by atoms with E-state index in [0.717, 1.165) is 11.1 Å². The molecule has 0 aromatic heterocycles. The quantitative estimate of drug-likeness (QED) is 0.784. The van der Waals surface area contributed by atoms with Crippen molar-refractivity contribution in [3.05, 3.63) is 53.1 Å². The van der Waals surface area contributed by atoms with Gasteiger partial charge in [0.1, 0.15) is 0 Å². The lowest BCUT2D eigenvalue weighted by atomic mass is 10.1. The molecule has 3 N–H and O–H groups in total. The molecule has 0 heterocycles. The van der Waals surface area contributed by atoms with Gasteiger partial charge in [0.15, 0.2) is 11.5 Å². The fourth-order valence-corrected chi connectivity index (χ4v) is 2.26. The minimum absolute atomic E-state index is 0. The van der Waals surface area contributed by atoms with Crippen molar-refractivity contribution in [2.24, 2.45) is 0 Å². The summed E-state index contributed by atoms with van der Waals surface area (Å²) in [6, 6.07) is 10.9. The van der Waals surface area contributed by atoms with Crippen LogP contribution in [0.25, 0.3) is 0 Å². The van der Waals surface area contributed by atoms with E-state index in [-0.39, 0.29) is 18.3 Å². The Morgan fingerprint density at radius 2 is 1.92 bits per heavy atom. The minimum Gasteiger partial charge on any atom is -0.493 e. The number of amides is 1. The summed E-state index contributed by atoms with van der Waals surface area (Å²) < 4.78 is 10.8. The first kappa shape index (κ1) is 19.6. The molecule has 1 amide bonds. The molecule has 0 saturated carbocycles. The first-order chi connectivity index (χ1) is 11.0. The highest BCUT2D eigenvalue weighted by Gasteiger charge is 2.10. The number of carbonyl (C=O) groups excluding carboxylic acids is 1. The van der Waals surface area contributed by atoms with Crippen LogP contribution in [0.4, 0.5) is 5.69 Å². The Hall–Kier alpha value is -2.40. The zero-order chi connectivity index (χ0) is 16.8. The predicted octanol–water partition coefficient (Wildman–Crippen LogP) is 3.34. The standard InChI is InChI=1S/C18H22N2O3.ClH/c1-4-23-16-8-6-13(9-17(16)22-3)11-20-18(21)15-10-14(19)7-5-12(15)2;/h5-10H,4,11,19H2,1-3H3,(H,20,21);1H. The number of hydrogen-bond donors (Lipinski definition) is 2. The monoisotopic (exact) mass is 350 g/mol. The maximum absolute atomic E-state index is 12.3. The van der Waals surface area contributed by atoms with E-state index in [2.05, 4.69) is 5.32 Å². The molecule has 2 aromatic rings. The third-order valence-corrected chi connectivity index (χ3v) is 3.49. The van der Waals surface area contributed by atoms with Crippen molar-refractivity contribution in [1.82, 2.24) is 5.32 Å². The minimum atomic E-state index is -0.150. The summed E-state index contributed by atoms with van der Waals surface area (Å²) in [6.45, 7) is 4.77. The topological polar surface area (TPSA) is 73.6 Å². The van der Waals surface area contributed by atoms with E-state index in [4.69, 9.17) is 15.2 Å². The third-order valence-electron chi connectivity index (χ3n) is 3.49. The van der Waals surface area contributed by atoms with Gasteiger partial charge in [0, 0.05) is 17.8 Å². The molecule has 0 radical (unpaired) electrons. The number of aryl methyl sites for hydroxylation is 1. The SMILES string of the molecule is CCOc1ccc(CNC(=O)c2cc(N)ccc2C)cc1OC.Cl. The van der Waals surface area contributed by atoms with E-state index in [1.165, 1.54) is 0 Å². The van der Waals surface area contributed by atoms with Crippen LogP contribution in [0.2, 0.25) is 0 Å². The van der Waals surface area contributed by atoms with E-state index in [9.17, 15) is 4.79 Å². The lowest BCUT2D eigenvalue weighted by Crippen LogP contribution is -2.23. The Labute approximate surface area is 148 Å². The normalized spacial score (nSPS) is 9.79. The second-order valence-corrected chi connectivity index (χ2v) is 5.18. The van der Waals surface area contributed by atoms with Gasteiger partial charge in [-0.3, -0.25) is 4.79 Å². The highest BCUT2D eigenvalue weighted by Crippen LogP contribution is 2.28. The molecular weight excluding hydrogens is 328 g/mol. The number of anilines is 1. The molecule has 0 unspecified atom stereocenters. The first-order valence-electron chi connectivity index (χ1n) is 7.49. The summed E-state index contributed by atoms with van der Waals surface area (Å²) in [6.07, 6.45) is 0.